The van der Waals surface area contributed by atoms with E-state index in [1.54, 1.807) is 24.3 Å². The minimum absolute atomic E-state index is 0.215. The number of aromatic carboxylic acids is 1. The van der Waals surface area contributed by atoms with Crippen LogP contribution < -0.4 is 0 Å². The fourth-order valence-corrected chi connectivity index (χ4v) is 3.59. The Hall–Kier alpha value is -1.88. The highest BCUT2D eigenvalue weighted by Gasteiger charge is 2.26. The highest BCUT2D eigenvalue weighted by molar-refractivity contribution is 6.30. The third-order valence-corrected chi connectivity index (χ3v) is 5.18. The minimum Gasteiger partial charge on any atom is -0.478 e. The Morgan fingerprint density at radius 3 is 2.40 bits per heavy atom. The van der Waals surface area contributed by atoms with Gasteiger partial charge in [-0.05, 0) is 61.2 Å². The number of carboxylic acid groups (broad SMARTS) is 1. The summed E-state index contributed by atoms with van der Waals surface area (Å²) in [6.07, 6.45) is 1.30. The quantitative estimate of drug-likeness (QED) is 0.847. The number of hydrogen-bond acceptors (Lipinski definition) is 3. The van der Waals surface area contributed by atoms with Gasteiger partial charge in [-0.2, -0.15) is 0 Å². The molecule has 1 aliphatic rings. The van der Waals surface area contributed by atoms with Gasteiger partial charge in [-0.1, -0.05) is 41.9 Å². The van der Waals surface area contributed by atoms with E-state index in [1.165, 1.54) is 0 Å². The number of carboxylic acids is 1. The van der Waals surface area contributed by atoms with Gasteiger partial charge >= 0.3 is 5.97 Å². The molecule has 1 fully saturated rings. The van der Waals surface area contributed by atoms with Crippen molar-refractivity contribution in [1.29, 1.82) is 0 Å². The number of nitrogens with zero attached hydrogens (tertiary/aromatic N) is 1. The molecule has 4 nitrogen and oxygen atoms in total. The zero-order valence-electron chi connectivity index (χ0n) is 13.9. The average molecular weight is 360 g/mol. The Morgan fingerprint density at radius 1 is 1.12 bits per heavy atom. The van der Waals surface area contributed by atoms with Crippen LogP contribution in [-0.4, -0.2) is 34.2 Å². The highest BCUT2D eigenvalue weighted by Crippen LogP contribution is 2.31. The maximum Gasteiger partial charge on any atom is 0.336 e. The van der Waals surface area contributed by atoms with Gasteiger partial charge in [0, 0.05) is 11.6 Å². The van der Waals surface area contributed by atoms with E-state index in [2.05, 4.69) is 4.90 Å². The van der Waals surface area contributed by atoms with Crippen molar-refractivity contribution in [1.82, 2.24) is 4.90 Å². The summed E-state index contributed by atoms with van der Waals surface area (Å²) in [6, 6.07) is 14.5. The van der Waals surface area contributed by atoms with Crippen LogP contribution in [0, 0.1) is 5.92 Å². The first-order valence-electron chi connectivity index (χ1n) is 8.51. The lowest BCUT2D eigenvalue weighted by atomic mass is 9.87. The monoisotopic (exact) mass is 359 g/mol. The first kappa shape index (κ1) is 17.9. The topological polar surface area (TPSA) is 60.8 Å². The first-order valence-corrected chi connectivity index (χ1v) is 8.89. The molecule has 25 heavy (non-hydrogen) atoms. The van der Waals surface area contributed by atoms with E-state index in [1.807, 2.05) is 24.3 Å². The summed E-state index contributed by atoms with van der Waals surface area (Å²) in [4.78, 5) is 13.6. The highest BCUT2D eigenvalue weighted by atomic mass is 35.5. The lowest BCUT2D eigenvalue weighted by Crippen LogP contribution is -2.35. The minimum atomic E-state index is -0.886. The molecule has 0 spiro atoms. The van der Waals surface area contributed by atoms with E-state index in [4.69, 9.17) is 11.6 Å². The number of carbonyl (C=O) groups is 1. The number of rotatable bonds is 5. The molecule has 1 saturated heterocycles. The Morgan fingerprint density at radius 2 is 1.76 bits per heavy atom. The van der Waals surface area contributed by atoms with Crippen molar-refractivity contribution in [3.8, 4) is 0 Å². The van der Waals surface area contributed by atoms with Crippen molar-refractivity contribution in [2.45, 2.75) is 25.5 Å². The van der Waals surface area contributed by atoms with Gasteiger partial charge in [-0.3, -0.25) is 4.90 Å². The number of likely N-dealkylation sites (tertiary alicyclic amines) is 1. The molecule has 132 valence electrons. The molecule has 2 aromatic carbocycles. The van der Waals surface area contributed by atoms with Gasteiger partial charge in [0.2, 0.25) is 0 Å². The predicted molar refractivity (Wildman–Crippen MR) is 97.8 cm³/mol. The molecule has 0 aromatic heterocycles. The largest absolute Gasteiger partial charge is 0.478 e. The van der Waals surface area contributed by atoms with Crippen molar-refractivity contribution < 1.29 is 15.0 Å². The van der Waals surface area contributed by atoms with Gasteiger partial charge in [0.15, 0.2) is 0 Å². The summed E-state index contributed by atoms with van der Waals surface area (Å²) in [5.41, 5.74) is 2.11. The molecule has 2 N–H and O–H groups in total. The maximum absolute atomic E-state index is 11.3. The number of benzene rings is 2. The molecule has 3 rings (SSSR count). The average Bonchev–Trinajstić information content (AvgIpc) is 2.63. The molecule has 0 bridgehead atoms. The molecule has 0 aliphatic carbocycles. The summed E-state index contributed by atoms with van der Waals surface area (Å²) in [7, 11) is 0. The molecule has 1 atom stereocenters. The first-order chi connectivity index (χ1) is 12.0. The van der Waals surface area contributed by atoms with Crippen molar-refractivity contribution >= 4 is 17.6 Å². The van der Waals surface area contributed by atoms with Crippen molar-refractivity contribution in [2.75, 3.05) is 13.1 Å². The van der Waals surface area contributed by atoms with Crippen LogP contribution in [0.4, 0.5) is 0 Å². The van der Waals surface area contributed by atoms with E-state index in [-0.39, 0.29) is 5.92 Å². The lowest BCUT2D eigenvalue weighted by molar-refractivity contribution is 0.0564. The summed E-state index contributed by atoms with van der Waals surface area (Å²) < 4.78 is 0. The fourth-order valence-electron chi connectivity index (χ4n) is 3.47. The van der Waals surface area contributed by atoms with E-state index in [0.717, 1.165) is 37.1 Å². The van der Waals surface area contributed by atoms with Crippen LogP contribution in [0.2, 0.25) is 5.02 Å². The summed E-state index contributed by atoms with van der Waals surface area (Å²) in [5, 5.41) is 20.6. The molecule has 0 saturated carbocycles. The Bertz CT molecular complexity index is 724. The normalized spacial score (nSPS) is 17.4. The van der Waals surface area contributed by atoms with Crippen LogP contribution in [0.15, 0.2) is 48.5 Å². The molecule has 1 heterocycles. The Labute approximate surface area is 152 Å². The summed E-state index contributed by atoms with van der Waals surface area (Å²) >= 11 is 5.90. The van der Waals surface area contributed by atoms with E-state index < -0.39 is 12.1 Å². The predicted octanol–water partition coefficient (Wildman–Crippen LogP) is 3.98. The van der Waals surface area contributed by atoms with Gasteiger partial charge < -0.3 is 10.2 Å². The van der Waals surface area contributed by atoms with Gasteiger partial charge in [-0.25, -0.2) is 4.79 Å². The summed E-state index contributed by atoms with van der Waals surface area (Å²) in [5.74, 6) is -0.671. The van der Waals surface area contributed by atoms with Crippen molar-refractivity contribution in [3.05, 3.63) is 70.2 Å². The third kappa shape index (κ3) is 4.40. The third-order valence-electron chi connectivity index (χ3n) is 4.93. The second-order valence-corrected chi connectivity index (χ2v) is 7.01. The number of piperidine rings is 1. The molecule has 1 aliphatic heterocycles. The lowest BCUT2D eigenvalue weighted by Gasteiger charge is -2.34. The zero-order chi connectivity index (χ0) is 17.8. The Kier molecular flexibility index (Phi) is 5.74. The van der Waals surface area contributed by atoms with Crippen LogP contribution in [0.1, 0.15) is 40.4 Å². The van der Waals surface area contributed by atoms with Gasteiger partial charge in [0.05, 0.1) is 11.7 Å². The van der Waals surface area contributed by atoms with E-state index in [0.29, 0.717) is 17.1 Å². The molecule has 1 unspecified atom stereocenters. The van der Waals surface area contributed by atoms with Crippen LogP contribution in [-0.2, 0) is 6.54 Å². The number of hydrogen-bond donors (Lipinski definition) is 2. The molecule has 2 aromatic rings. The number of aliphatic hydroxyl groups excluding tert-OH is 1. The Balaban J connectivity index is 1.59. The van der Waals surface area contributed by atoms with Crippen LogP contribution in [0.3, 0.4) is 0 Å². The van der Waals surface area contributed by atoms with Gasteiger partial charge in [0.25, 0.3) is 0 Å². The maximum atomic E-state index is 11.3. The van der Waals surface area contributed by atoms with Crippen molar-refractivity contribution in [2.24, 2.45) is 5.92 Å². The van der Waals surface area contributed by atoms with E-state index >= 15 is 0 Å². The van der Waals surface area contributed by atoms with Gasteiger partial charge in [0.1, 0.15) is 0 Å². The van der Waals surface area contributed by atoms with Crippen LogP contribution in [0.25, 0.3) is 0 Å². The second-order valence-electron chi connectivity index (χ2n) is 6.57. The molecule has 5 heteroatoms. The fraction of sp³-hybridized carbons (Fsp3) is 0.350. The molecule has 0 radical (unpaired) electrons. The number of aliphatic hydroxyl groups is 1. The standard InChI is InChI=1S/C20H22ClNO3/c21-17-7-5-14(6-8-17)19(23)15-9-11-22(12-10-15)13-16-3-1-2-4-18(16)20(24)25/h1-8,15,19,23H,9-13H2,(H,24,25). The molecular formula is C20H22ClNO3. The SMILES string of the molecule is O=C(O)c1ccccc1CN1CCC(C(O)c2ccc(Cl)cc2)CC1. The summed E-state index contributed by atoms with van der Waals surface area (Å²) in [6.45, 7) is 2.33. The van der Waals surface area contributed by atoms with Crippen LogP contribution in [0.5, 0.6) is 0 Å². The van der Waals surface area contributed by atoms with E-state index in [9.17, 15) is 15.0 Å². The van der Waals surface area contributed by atoms with Crippen molar-refractivity contribution in [3.63, 3.8) is 0 Å². The molecular weight excluding hydrogens is 338 g/mol. The van der Waals surface area contributed by atoms with Crippen LogP contribution >= 0.6 is 11.6 Å². The molecule has 0 amide bonds. The number of halogens is 1. The second kappa shape index (κ2) is 8.00. The van der Waals surface area contributed by atoms with Gasteiger partial charge in [-0.15, -0.1) is 0 Å². The smallest absolute Gasteiger partial charge is 0.336 e. The zero-order valence-corrected chi connectivity index (χ0v) is 14.7.